The number of amides is 2. The SMILES string of the molecule is CCCCCCN(N)C(=O)C(N)=O. The number of rotatable bonds is 5. The van der Waals surface area contributed by atoms with Gasteiger partial charge in [0.25, 0.3) is 0 Å². The Morgan fingerprint density at radius 1 is 1.23 bits per heavy atom. The lowest BCUT2D eigenvalue weighted by molar-refractivity contribution is -0.144. The number of hydrazine groups is 1. The average Bonchev–Trinajstić information content (AvgIpc) is 2.10. The third kappa shape index (κ3) is 5.19. The summed E-state index contributed by atoms with van der Waals surface area (Å²) in [5.41, 5.74) is 4.76. The van der Waals surface area contributed by atoms with Crippen molar-refractivity contribution in [2.45, 2.75) is 32.6 Å². The summed E-state index contributed by atoms with van der Waals surface area (Å²) in [6.07, 6.45) is 4.05. The van der Waals surface area contributed by atoms with Gasteiger partial charge in [0.15, 0.2) is 0 Å². The molecule has 0 saturated heterocycles. The summed E-state index contributed by atoms with van der Waals surface area (Å²) in [5.74, 6) is 3.46. The Labute approximate surface area is 78.0 Å². The highest BCUT2D eigenvalue weighted by molar-refractivity contribution is 6.34. The van der Waals surface area contributed by atoms with Crippen LogP contribution in [0.15, 0.2) is 0 Å². The smallest absolute Gasteiger partial charge is 0.325 e. The van der Waals surface area contributed by atoms with Gasteiger partial charge in [-0.3, -0.25) is 14.6 Å². The van der Waals surface area contributed by atoms with Crippen molar-refractivity contribution in [1.82, 2.24) is 5.01 Å². The van der Waals surface area contributed by atoms with E-state index >= 15 is 0 Å². The maximum absolute atomic E-state index is 10.8. The third-order valence-corrected chi connectivity index (χ3v) is 1.72. The van der Waals surface area contributed by atoms with E-state index in [2.05, 4.69) is 6.92 Å². The Bertz CT molecular complexity index is 182. The number of nitrogens with two attached hydrogens (primary N) is 2. The molecule has 0 saturated carbocycles. The number of hydrogen-bond donors (Lipinski definition) is 2. The molecule has 0 aliphatic carbocycles. The highest BCUT2D eigenvalue weighted by Gasteiger charge is 2.14. The van der Waals surface area contributed by atoms with Gasteiger partial charge in [0.2, 0.25) is 0 Å². The van der Waals surface area contributed by atoms with Gasteiger partial charge >= 0.3 is 11.8 Å². The summed E-state index contributed by atoms with van der Waals surface area (Å²) in [5, 5.41) is 0.873. The normalized spacial score (nSPS) is 9.69. The summed E-state index contributed by atoms with van der Waals surface area (Å²) >= 11 is 0. The van der Waals surface area contributed by atoms with Gasteiger partial charge in [-0.2, -0.15) is 0 Å². The van der Waals surface area contributed by atoms with Crippen LogP contribution >= 0.6 is 0 Å². The van der Waals surface area contributed by atoms with Crippen molar-refractivity contribution < 1.29 is 9.59 Å². The molecule has 5 nitrogen and oxygen atoms in total. The molecule has 0 aromatic rings. The topological polar surface area (TPSA) is 89.4 Å². The minimum absolute atomic E-state index is 0.391. The number of carbonyl (C=O) groups is 2. The van der Waals surface area contributed by atoms with Gasteiger partial charge in [-0.1, -0.05) is 26.2 Å². The lowest BCUT2D eigenvalue weighted by atomic mass is 10.2. The summed E-state index contributed by atoms with van der Waals surface area (Å²) in [7, 11) is 0. The molecule has 0 rings (SSSR count). The zero-order valence-electron chi connectivity index (χ0n) is 7.95. The molecule has 0 spiro atoms. The molecular formula is C8H17N3O2. The fourth-order valence-electron chi connectivity index (χ4n) is 0.952. The fraction of sp³-hybridized carbons (Fsp3) is 0.750. The van der Waals surface area contributed by atoms with Crippen LogP contribution in [0.4, 0.5) is 0 Å². The first kappa shape index (κ1) is 11.9. The van der Waals surface area contributed by atoms with Crippen molar-refractivity contribution in [3.05, 3.63) is 0 Å². The molecule has 0 unspecified atom stereocenters. The van der Waals surface area contributed by atoms with Crippen molar-refractivity contribution >= 4 is 11.8 Å². The van der Waals surface area contributed by atoms with E-state index in [-0.39, 0.29) is 0 Å². The number of unbranched alkanes of at least 4 members (excludes halogenated alkanes) is 3. The molecule has 0 bridgehead atoms. The van der Waals surface area contributed by atoms with E-state index in [1.807, 2.05) is 0 Å². The second kappa shape index (κ2) is 6.42. The Balaban J connectivity index is 3.56. The first-order valence-electron chi connectivity index (χ1n) is 4.45. The van der Waals surface area contributed by atoms with Gasteiger partial charge in [-0.25, -0.2) is 5.84 Å². The van der Waals surface area contributed by atoms with Gasteiger partial charge in [-0.05, 0) is 6.42 Å². The summed E-state index contributed by atoms with van der Waals surface area (Å²) in [4.78, 5) is 21.2. The van der Waals surface area contributed by atoms with Crippen molar-refractivity contribution in [3.8, 4) is 0 Å². The number of carbonyl (C=O) groups excluding carboxylic acids is 2. The lowest BCUT2D eigenvalue weighted by Crippen LogP contribution is -2.45. The van der Waals surface area contributed by atoms with Crippen LogP contribution in [0.2, 0.25) is 0 Å². The molecule has 0 aromatic carbocycles. The first-order valence-corrected chi connectivity index (χ1v) is 4.45. The van der Waals surface area contributed by atoms with Crippen LogP contribution in [0.25, 0.3) is 0 Å². The lowest BCUT2D eigenvalue weighted by Gasteiger charge is -2.13. The van der Waals surface area contributed by atoms with E-state index in [4.69, 9.17) is 11.6 Å². The summed E-state index contributed by atoms with van der Waals surface area (Å²) in [6.45, 7) is 2.48. The maximum Gasteiger partial charge on any atom is 0.325 e. The Morgan fingerprint density at radius 2 is 1.85 bits per heavy atom. The van der Waals surface area contributed by atoms with Crippen LogP contribution < -0.4 is 11.6 Å². The maximum atomic E-state index is 10.8. The van der Waals surface area contributed by atoms with Crippen LogP contribution in [0, 0.1) is 0 Å². The fourth-order valence-corrected chi connectivity index (χ4v) is 0.952. The van der Waals surface area contributed by atoms with E-state index in [9.17, 15) is 9.59 Å². The van der Waals surface area contributed by atoms with Gasteiger partial charge in [0.05, 0.1) is 0 Å². The van der Waals surface area contributed by atoms with Crippen molar-refractivity contribution in [3.63, 3.8) is 0 Å². The van der Waals surface area contributed by atoms with Crippen molar-refractivity contribution in [2.75, 3.05) is 6.54 Å². The van der Waals surface area contributed by atoms with Crippen LogP contribution in [-0.2, 0) is 9.59 Å². The Hall–Kier alpha value is -1.10. The Kier molecular flexibility index (Phi) is 5.88. The standard InChI is InChI=1S/C8H17N3O2/c1-2-3-4-5-6-11(10)8(13)7(9)12/h2-6,10H2,1H3,(H2,9,12). The number of nitrogens with zero attached hydrogens (tertiary/aromatic N) is 1. The zero-order valence-corrected chi connectivity index (χ0v) is 7.95. The Morgan fingerprint density at radius 3 is 2.31 bits per heavy atom. The van der Waals surface area contributed by atoms with Crippen LogP contribution in [-0.4, -0.2) is 23.4 Å². The van der Waals surface area contributed by atoms with Crippen LogP contribution in [0.1, 0.15) is 32.6 Å². The third-order valence-electron chi connectivity index (χ3n) is 1.72. The molecular weight excluding hydrogens is 170 g/mol. The summed E-state index contributed by atoms with van der Waals surface area (Å²) < 4.78 is 0. The predicted molar refractivity (Wildman–Crippen MR) is 49.2 cm³/mol. The van der Waals surface area contributed by atoms with Crippen molar-refractivity contribution in [2.24, 2.45) is 11.6 Å². The molecule has 0 aromatic heterocycles. The molecule has 0 heterocycles. The quantitative estimate of drug-likeness (QED) is 0.204. The van der Waals surface area contributed by atoms with Gasteiger partial charge in [-0.15, -0.1) is 0 Å². The predicted octanol–water partition coefficient (Wildman–Crippen LogP) is -0.246. The first-order chi connectivity index (χ1) is 6.09. The molecule has 0 aliphatic heterocycles. The summed E-state index contributed by atoms with van der Waals surface area (Å²) in [6, 6.07) is 0. The molecule has 5 heteroatoms. The monoisotopic (exact) mass is 187 g/mol. The number of hydrogen-bond acceptors (Lipinski definition) is 3. The highest BCUT2D eigenvalue weighted by Crippen LogP contribution is 1.99. The second-order valence-electron chi connectivity index (χ2n) is 2.92. The largest absolute Gasteiger partial charge is 0.361 e. The second-order valence-corrected chi connectivity index (χ2v) is 2.92. The van der Waals surface area contributed by atoms with E-state index < -0.39 is 11.8 Å². The van der Waals surface area contributed by atoms with E-state index in [0.29, 0.717) is 6.54 Å². The van der Waals surface area contributed by atoms with Crippen LogP contribution in [0.3, 0.4) is 0 Å². The van der Waals surface area contributed by atoms with Crippen LogP contribution in [0.5, 0.6) is 0 Å². The zero-order chi connectivity index (χ0) is 10.3. The molecule has 0 atom stereocenters. The van der Waals surface area contributed by atoms with E-state index in [0.717, 1.165) is 30.7 Å². The minimum atomic E-state index is -1.00. The van der Waals surface area contributed by atoms with Gasteiger partial charge in [0, 0.05) is 6.54 Å². The highest BCUT2D eigenvalue weighted by atomic mass is 16.2. The van der Waals surface area contributed by atoms with E-state index in [1.54, 1.807) is 0 Å². The molecule has 76 valence electrons. The molecule has 13 heavy (non-hydrogen) atoms. The molecule has 2 amide bonds. The molecule has 0 aliphatic rings. The van der Waals surface area contributed by atoms with Gasteiger partial charge in [0.1, 0.15) is 0 Å². The van der Waals surface area contributed by atoms with Gasteiger partial charge < -0.3 is 5.73 Å². The minimum Gasteiger partial charge on any atom is -0.361 e. The number of primary amides is 1. The molecule has 0 fully saturated rings. The average molecular weight is 187 g/mol. The molecule has 4 N–H and O–H groups in total. The molecule has 0 radical (unpaired) electrons. The van der Waals surface area contributed by atoms with E-state index in [1.165, 1.54) is 0 Å². The van der Waals surface area contributed by atoms with Crippen molar-refractivity contribution in [1.29, 1.82) is 0 Å².